The van der Waals surface area contributed by atoms with Crippen molar-refractivity contribution in [2.24, 2.45) is 0 Å². The molecule has 0 fully saturated rings. The third-order valence-electron chi connectivity index (χ3n) is 4.96. The van der Waals surface area contributed by atoms with E-state index in [2.05, 4.69) is 23.5 Å². The number of aryl methyl sites for hydroxylation is 2. The maximum Gasteiger partial charge on any atom is 0.263 e. The Morgan fingerprint density at radius 1 is 1.35 bits per heavy atom. The van der Waals surface area contributed by atoms with Gasteiger partial charge in [-0.25, -0.2) is 0 Å². The standard InChI is InChI=1S/C21H29N3O2/c1-3-20(18-10-9-16-7-5-6-8-17(16)13-18)23-21(26)19(14-22)15-24(4-2)11-12-25/h9-10,13,15,20,25H,3-8,11-12H2,1-2H3,(H,23,26)/b19-15-. The molecule has 1 atom stereocenters. The topological polar surface area (TPSA) is 76.4 Å². The number of hydrogen-bond donors (Lipinski definition) is 2. The Balaban J connectivity index is 2.14. The zero-order chi connectivity index (χ0) is 18.9. The Labute approximate surface area is 156 Å². The fraction of sp³-hybridized carbons (Fsp3) is 0.524. The summed E-state index contributed by atoms with van der Waals surface area (Å²) in [6.07, 6.45) is 7.00. The van der Waals surface area contributed by atoms with Crippen molar-refractivity contribution in [2.45, 2.75) is 52.0 Å². The first-order valence-electron chi connectivity index (χ1n) is 9.52. The molecule has 0 saturated carbocycles. The lowest BCUT2D eigenvalue weighted by Gasteiger charge is -2.22. The quantitative estimate of drug-likeness (QED) is 0.555. The van der Waals surface area contributed by atoms with Crippen LogP contribution in [0.4, 0.5) is 0 Å². The van der Waals surface area contributed by atoms with Gasteiger partial charge in [-0.1, -0.05) is 25.1 Å². The zero-order valence-corrected chi connectivity index (χ0v) is 15.8. The van der Waals surface area contributed by atoms with Crippen LogP contribution in [0.5, 0.6) is 0 Å². The number of aliphatic hydroxyl groups is 1. The van der Waals surface area contributed by atoms with E-state index in [0.717, 1.165) is 24.8 Å². The molecule has 5 heteroatoms. The van der Waals surface area contributed by atoms with Gasteiger partial charge in [0.05, 0.1) is 12.6 Å². The highest BCUT2D eigenvalue weighted by molar-refractivity contribution is 5.97. The minimum atomic E-state index is -0.367. The van der Waals surface area contributed by atoms with Crippen molar-refractivity contribution >= 4 is 5.91 Å². The van der Waals surface area contributed by atoms with Crippen LogP contribution in [0.2, 0.25) is 0 Å². The summed E-state index contributed by atoms with van der Waals surface area (Å²) in [6, 6.07) is 8.36. The fourth-order valence-electron chi connectivity index (χ4n) is 3.39. The van der Waals surface area contributed by atoms with Crippen LogP contribution in [0.3, 0.4) is 0 Å². The second-order valence-corrected chi connectivity index (χ2v) is 6.68. The van der Waals surface area contributed by atoms with Gasteiger partial charge in [0.1, 0.15) is 11.6 Å². The molecule has 1 aromatic carbocycles. The number of benzene rings is 1. The summed E-state index contributed by atoms with van der Waals surface area (Å²) in [5.41, 5.74) is 3.97. The normalized spacial score (nSPS) is 14.9. The first kappa shape index (κ1) is 20.0. The van der Waals surface area contributed by atoms with Gasteiger partial charge in [-0.05, 0) is 55.7 Å². The number of carbonyl (C=O) groups is 1. The monoisotopic (exact) mass is 355 g/mol. The van der Waals surface area contributed by atoms with Crippen molar-refractivity contribution in [3.63, 3.8) is 0 Å². The fourth-order valence-corrected chi connectivity index (χ4v) is 3.39. The van der Waals surface area contributed by atoms with E-state index in [9.17, 15) is 10.1 Å². The summed E-state index contributed by atoms with van der Waals surface area (Å²) in [5, 5.41) is 21.4. The summed E-state index contributed by atoms with van der Waals surface area (Å²) in [7, 11) is 0. The Bertz CT molecular complexity index is 691. The molecule has 1 aliphatic rings. The van der Waals surface area contributed by atoms with Crippen LogP contribution in [-0.2, 0) is 17.6 Å². The van der Waals surface area contributed by atoms with E-state index >= 15 is 0 Å². The van der Waals surface area contributed by atoms with Gasteiger partial charge in [-0.15, -0.1) is 0 Å². The van der Waals surface area contributed by atoms with Crippen LogP contribution in [0.15, 0.2) is 30.0 Å². The van der Waals surface area contributed by atoms with Crippen molar-refractivity contribution in [3.8, 4) is 6.07 Å². The maximum atomic E-state index is 12.6. The molecular formula is C21H29N3O2. The first-order chi connectivity index (χ1) is 12.6. The molecule has 1 aromatic rings. The Morgan fingerprint density at radius 2 is 2.08 bits per heavy atom. The van der Waals surface area contributed by atoms with Crippen molar-refractivity contribution in [1.29, 1.82) is 5.26 Å². The average molecular weight is 355 g/mol. The molecule has 140 valence electrons. The highest BCUT2D eigenvalue weighted by Crippen LogP contribution is 2.26. The average Bonchev–Trinajstić information content (AvgIpc) is 2.68. The number of hydrogen-bond acceptors (Lipinski definition) is 4. The van der Waals surface area contributed by atoms with E-state index in [1.165, 1.54) is 30.2 Å². The van der Waals surface area contributed by atoms with Gasteiger partial charge in [0.2, 0.25) is 0 Å². The molecular weight excluding hydrogens is 326 g/mol. The Morgan fingerprint density at radius 3 is 2.69 bits per heavy atom. The first-order valence-corrected chi connectivity index (χ1v) is 9.52. The number of likely N-dealkylation sites (N-methyl/N-ethyl adjacent to an activating group) is 1. The molecule has 0 aromatic heterocycles. The van der Waals surface area contributed by atoms with Gasteiger partial charge >= 0.3 is 0 Å². The predicted molar refractivity (Wildman–Crippen MR) is 102 cm³/mol. The molecule has 0 heterocycles. The molecule has 5 nitrogen and oxygen atoms in total. The largest absolute Gasteiger partial charge is 0.395 e. The number of nitrogens with one attached hydrogen (secondary N) is 1. The minimum absolute atomic E-state index is 0.0165. The summed E-state index contributed by atoms with van der Waals surface area (Å²) in [5.74, 6) is -0.367. The van der Waals surface area contributed by atoms with Crippen LogP contribution in [0, 0.1) is 11.3 Å². The second kappa shape index (κ2) is 9.98. The van der Waals surface area contributed by atoms with Crippen LogP contribution in [0.25, 0.3) is 0 Å². The number of nitriles is 1. The molecule has 0 radical (unpaired) electrons. The Kier molecular flexibility index (Phi) is 7.68. The van der Waals surface area contributed by atoms with Gasteiger partial charge in [0.15, 0.2) is 0 Å². The van der Waals surface area contributed by atoms with E-state index in [1.807, 2.05) is 19.9 Å². The van der Waals surface area contributed by atoms with Crippen LogP contribution in [-0.4, -0.2) is 35.6 Å². The summed E-state index contributed by atoms with van der Waals surface area (Å²) in [6.45, 7) is 4.96. The van der Waals surface area contributed by atoms with Gasteiger partial charge in [0, 0.05) is 19.3 Å². The summed E-state index contributed by atoms with van der Waals surface area (Å²) >= 11 is 0. The number of amides is 1. The van der Waals surface area contributed by atoms with Crippen molar-refractivity contribution in [2.75, 3.05) is 19.7 Å². The summed E-state index contributed by atoms with van der Waals surface area (Å²) in [4.78, 5) is 14.3. The molecule has 1 aliphatic carbocycles. The minimum Gasteiger partial charge on any atom is -0.395 e. The van der Waals surface area contributed by atoms with Crippen LogP contribution in [0.1, 0.15) is 55.8 Å². The summed E-state index contributed by atoms with van der Waals surface area (Å²) < 4.78 is 0. The molecule has 2 rings (SSSR count). The zero-order valence-electron chi connectivity index (χ0n) is 15.8. The molecule has 2 N–H and O–H groups in total. The van der Waals surface area contributed by atoms with Gasteiger partial charge in [0.25, 0.3) is 5.91 Å². The van der Waals surface area contributed by atoms with Crippen LogP contribution < -0.4 is 5.32 Å². The van der Waals surface area contributed by atoms with Crippen LogP contribution >= 0.6 is 0 Å². The number of fused-ring (bicyclic) bond motifs is 1. The molecule has 0 spiro atoms. The predicted octanol–water partition coefficient (Wildman–Crippen LogP) is 2.85. The highest BCUT2D eigenvalue weighted by atomic mass is 16.3. The van der Waals surface area contributed by atoms with Gasteiger partial charge in [-0.3, -0.25) is 4.79 Å². The van der Waals surface area contributed by atoms with Crippen molar-refractivity contribution < 1.29 is 9.90 Å². The molecule has 26 heavy (non-hydrogen) atoms. The van der Waals surface area contributed by atoms with E-state index in [0.29, 0.717) is 13.1 Å². The SMILES string of the molecule is CCC(NC(=O)/C(C#N)=C\N(CC)CCO)c1ccc2c(c1)CCCC2. The van der Waals surface area contributed by atoms with E-state index in [4.69, 9.17) is 5.11 Å². The third kappa shape index (κ3) is 5.09. The van der Waals surface area contributed by atoms with E-state index in [-0.39, 0.29) is 24.1 Å². The van der Waals surface area contributed by atoms with Gasteiger partial charge in [-0.2, -0.15) is 5.26 Å². The lowest BCUT2D eigenvalue weighted by Crippen LogP contribution is -2.31. The van der Waals surface area contributed by atoms with Crippen molar-refractivity contribution in [1.82, 2.24) is 10.2 Å². The molecule has 0 aliphatic heterocycles. The number of nitrogens with zero attached hydrogens (tertiary/aromatic N) is 2. The molecule has 0 saturated heterocycles. The lowest BCUT2D eigenvalue weighted by atomic mass is 9.88. The highest BCUT2D eigenvalue weighted by Gasteiger charge is 2.18. The molecule has 0 bridgehead atoms. The number of rotatable bonds is 8. The molecule has 1 amide bonds. The lowest BCUT2D eigenvalue weighted by molar-refractivity contribution is -0.117. The smallest absolute Gasteiger partial charge is 0.263 e. The third-order valence-corrected chi connectivity index (χ3v) is 4.96. The molecule has 1 unspecified atom stereocenters. The van der Waals surface area contributed by atoms with E-state index < -0.39 is 0 Å². The second-order valence-electron chi connectivity index (χ2n) is 6.68. The number of carbonyl (C=O) groups excluding carboxylic acids is 1. The van der Waals surface area contributed by atoms with E-state index in [1.54, 1.807) is 4.90 Å². The van der Waals surface area contributed by atoms with Gasteiger partial charge < -0.3 is 15.3 Å². The van der Waals surface area contributed by atoms with Crippen molar-refractivity contribution in [3.05, 3.63) is 46.7 Å². The number of aliphatic hydroxyl groups excluding tert-OH is 1. The maximum absolute atomic E-state index is 12.6. The Hall–Kier alpha value is -2.32.